The third-order valence-corrected chi connectivity index (χ3v) is 4.30. The van der Waals surface area contributed by atoms with E-state index in [1.165, 1.54) is 24.8 Å². The molecule has 1 saturated carbocycles. The highest BCUT2D eigenvalue weighted by molar-refractivity contribution is 5.44. The summed E-state index contributed by atoms with van der Waals surface area (Å²) in [7, 11) is 3.31. The Hall–Kier alpha value is -1.26. The van der Waals surface area contributed by atoms with Gasteiger partial charge in [-0.15, -0.1) is 0 Å². The largest absolute Gasteiger partial charge is 0.493 e. The molecular formula is C15H24N2O2. The number of benzene rings is 1. The quantitative estimate of drug-likeness (QED) is 0.634. The van der Waals surface area contributed by atoms with Crippen LogP contribution >= 0.6 is 0 Å². The van der Waals surface area contributed by atoms with Gasteiger partial charge in [0.15, 0.2) is 11.5 Å². The molecule has 106 valence electrons. The Balaban J connectivity index is 2.27. The standard InChI is InChI=1S/C15H24N2O2/c1-10-5-4-6-12(10)15(17-16)11-7-8-13(18-2)14(9-11)19-3/h7-10,12,15,17H,4-6,16H2,1-3H3. The van der Waals surface area contributed by atoms with Crippen LogP contribution in [-0.4, -0.2) is 14.2 Å². The fourth-order valence-electron chi connectivity index (χ4n) is 3.18. The maximum atomic E-state index is 5.79. The molecule has 2 rings (SSSR count). The van der Waals surface area contributed by atoms with Crippen LogP contribution in [0.3, 0.4) is 0 Å². The molecule has 19 heavy (non-hydrogen) atoms. The van der Waals surface area contributed by atoms with Gasteiger partial charge in [-0.3, -0.25) is 11.3 Å². The van der Waals surface area contributed by atoms with Crippen LogP contribution in [-0.2, 0) is 0 Å². The van der Waals surface area contributed by atoms with Crippen molar-refractivity contribution in [2.75, 3.05) is 14.2 Å². The van der Waals surface area contributed by atoms with Gasteiger partial charge < -0.3 is 9.47 Å². The molecule has 0 saturated heterocycles. The Labute approximate surface area is 115 Å². The molecule has 0 amide bonds. The zero-order chi connectivity index (χ0) is 13.8. The van der Waals surface area contributed by atoms with E-state index in [4.69, 9.17) is 15.3 Å². The summed E-state index contributed by atoms with van der Waals surface area (Å²) in [6.07, 6.45) is 3.80. The van der Waals surface area contributed by atoms with Gasteiger partial charge in [-0.2, -0.15) is 0 Å². The van der Waals surface area contributed by atoms with E-state index in [1.54, 1.807) is 14.2 Å². The smallest absolute Gasteiger partial charge is 0.161 e. The lowest BCUT2D eigenvalue weighted by Crippen LogP contribution is -2.34. The fourth-order valence-corrected chi connectivity index (χ4v) is 3.18. The third kappa shape index (κ3) is 2.85. The predicted molar refractivity (Wildman–Crippen MR) is 76.1 cm³/mol. The molecule has 1 fully saturated rings. The van der Waals surface area contributed by atoms with Crippen molar-refractivity contribution in [1.82, 2.24) is 5.43 Å². The summed E-state index contributed by atoms with van der Waals surface area (Å²) in [5, 5.41) is 0. The number of hydrazine groups is 1. The van der Waals surface area contributed by atoms with Gasteiger partial charge in [-0.25, -0.2) is 0 Å². The average molecular weight is 264 g/mol. The lowest BCUT2D eigenvalue weighted by molar-refractivity contribution is 0.302. The van der Waals surface area contributed by atoms with Gasteiger partial charge in [0.05, 0.1) is 14.2 Å². The fraction of sp³-hybridized carbons (Fsp3) is 0.600. The lowest BCUT2D eigenvalue weighted by atomic mass is 9.86. The maximum absolute atomic E-state index is 5.79. The number of nitrogens with one attached hydrogen (secondary N) is 1. The zero-order valence-corrected chi connectivity index (χ0v) is 12.0. The normalized spacial score (nSPS) is 24.2. The van der Waals surface area contributed by atoms with E-state index < -0.39 is 0 Å². The van der Waals surface area contributed by atoms with Gasteiger partial charge in [-0.1, -0.05) is 25.8 Å². The highest BCUT2D eigenvalue weighted by Gasteiger charge is 2.31. The number of methoxy groups -OCH3 is 2. The molecule has 0 radical (unpaired) electrons. The Bertz CT molecular complexity index is 423. The molecule has 0 spiro atoms. The molecule has 0 heterocycles. The van der Waals surface area contributed by atoms with Gasteiger partial charge in [-0.05, 0) is 36.0 Å². The molecular weight excluding hydrogens is 240 g/mol. The molecule has 1 aromatic rings. The second-order valence-corrected chi connectivity index (χ2v) is 5.33. The Morgan fingerprint density at radius 3 is 2.47 bits per heavy atom. The molecule has 1 aliphatic carbocycles. The topological polar surface area (TPSA) is 56.5 Å². The molecule has 0 aromatic heterocycles. The van der Waals surface area contributed by atoms with Crippen LogP contribution < -0.4 is 20.7 Å². The zero-order valence-electron chi connectivity index (χ0n) is 12.0. The monoisotopic (exact) mass is 264 g/mol. The Morgan fingerprint density at radius 2 is 1.95 bits per heavy atom. The summed E-state index contributed by atoms with van der Waals surface area (Å²) in [5.74, 6) is 8.58. The molecule has 4 heteroatoms. The highest BCUT2D eigenvalue weighted by atomic mass is 16.5. The van der Waals surface area contributed by atoms with Gasteiger partial charge in [0.2, 0.25) is 0 Å². The lowest BCUT2D eigenvalue weighted by Gasteiger charge is -2.27. The number of ether oxygens (including phenoxy) is 2. The molecule has 0 bridgehead atoms. The van der Waals surface area contributed by atoms with Crippen molar-refractivity contribution in [1.29, 1.82) is 0 Å². The number of hydrogen-bond donors (Lipinski definition) is 2. The van der Waals surface area contributed by atoms with Crippen LogP contribution in [0.2, 0.25) is 0 Å². The molecule has 3 unspecified atom stereocenters. The van der Waals surface area contributed by atoms with Crippen LogP contribution in [0, 0.1) is 11.8 Å². The molecule has 1 aliphatic rings. The summed E-state index contributed by atoms with van der Waals surface area (Å²) in [6.45, 7) is 2.31. The van der Waals surface area contributed by atoms with Crippen molar-refractivity contribution in [2.24, 2.45) is 17.7 Å². The number of hydrogen-bond acceptors (Lipinski definition) is 4. The van der Waals surface area contributed by atoms with E-state index >= 15 is 0 Å². The van der Waals surface area contributed by atoms with Gasteiger partial charge in [0, 0.05) is 6.04 Å². The van der Waals surface area contributed by atoms with Crippen LogP contribution in [0.25, 0.3) is 0 Å². The number of rotatable bonds is 5. The van der Waals surface area contributed by atoms with Crippen molar-refractivity contribution in [3.63, 3.8) is 0 Å². The summed E-state index contributed by atoms with van der Waals surface area (Å²) in [5.41, 5.74) is 4.15. The van der Waals surface area contributed by atoms with E-state index in [0.29, 0.717) is 11.8 Å². The van der Waals surface area contributed by atoms with Crippen LogP contribution in [0.15, 0.2) is 18.2 Å². The van der Waals surface area contributed by atoms with E-state index in [2.05, 4.69) is 18.4 Å². The minimum Gasteiger partial charge on any atom is -0.493 e. The first-order chi connectivity index (χ1) is 9.21. The Morgan fingerprint density at radius 1 is 1.21 bits per heavy atom. The van der Waals surface area contributed by atoms with Crippen molar-refractivity contribution in [3.8, 4) is 11.5 Å². The highest BCUT2D eigenvalue weighted by Crippen LogP contribution is 2.41. The second kappa shape index (κ2) is 6.26. The van der Waals surface area contributed by atoms with Crippen molar-refractivity contribution in [3.05, 3.63) is 23.8 Å². The first-order valence-corrected chi connectivity index (χ1v) is 6.89. The first-order valence-electron chi connectivity index (χ1n) is 6.89. The molecule has 3 N–H and O–H groups in total. The van der Waals surface area contributed by atoms with E-state index in [9.17, 15) is 0 Å². The van der Waals surface area contributed by atoms with E-state index in [-0.39, 0.29) is 6.04 Å². The summed E-state index contributed by atoms with van der Waals surface area (Å²) in [4.78, 5) is 0. The average Bonchev–Trinajstić information content (AvgIpc) is 2.86. The first kappa shape index (κ1) is 14.2. The number of nitrogens with two attached hydrogens (primary N) is 1. The van der Waals surface area contributed by atoms with E-state index in [1.807, 2.05) is 12.1 Å². The maximum Gasteiger partial charge on any atom is 0.161 e. The molecule has 1 aromatic carbocycles. The van der Waals surface area contributed by atoms with Crippen LogP contribution in [0.5, 0.6) is 11.5 Å². The minimum atomic E-state index is 0.178. The van der Waals surface area contributed by atoms with Crippen LogP contribution in [0.4, 0.5) is 0 Å². The summed E-state index contributed by atoms with van der Waals surface area (Å²) >= 11 is 0. The summed E-state index contributed by atoms with van der Waals surface area (Å²) in [6, 6.07) is 6.21. The predicted octanol–water partition coefficient (Wildman–Crippen LogP) is 2.64. The SMILES string of the molecule is COc1ccc(C(NN)C2CCCC2C)cc1OC. The molecule has 3 atom stereocenters. The molecule has 0 aliphatic heterocycles. The van der Waals surface area contributed by atoms with Gasteiger partial charge >= 0.3 is 0 Å². The minimum absolute atomic E-state index is 0.178. The van der Waals surface area contributed by atoms with Crippen molar-refractivity contribution >= 4 is 0 Å². The summed E-state index contributed by atoms with van der Waals surface area (Å²) < 4.78 is 10.6. The van der Waals surface area contributed by atoms with Gasteiger partial charge in [0.25, 0.3) is 0 Å². The van der Waals surface area contributed by atoms with Crippen molar-refractivity contribution < 1.29 is 9.47 Å². The second-order valence-electron chi connectivity index (χ2n) is 5.33. The van der Waals surface area contributed by atoms with Gasteiger partial charge in [0.1, 0.15) is 0 Å². The van der Waals surface area contributed by atoms with Crippen molar-refractivity contribution in [2.45, 2.75) is 32.2 Å². The Kier molecular flexibility index (Phi) is 4.66. The molecule has 4 nitrogen and oxygen atoms in total. The third-order valence-electron chi connectivity index (χ3n) is 4.30. The van der Waals surface area contributed by atoms with E-state index in [0.717, 1.165) is 11.5 Å². The van der Waals surface area contributed by atoms with Crippen LogP contribution in [0.1, 0.15) is 37.8 Å².